The molecule has 0 atom stereocenters. The number of benzene rings is 2. The second-order valence-corrected chi connectivity index (χ2v) is 7.76. The van der Waals surface area contributed by atoms with Crippen molar-refractivity contribution >= 4 is 23.2 Å². The Morgan fingerprint density at radius 1 is 0.972 bits per heavy atom. The Kier molecular flexibility index (Phi) is 7.18. The van der Waals surface area contributed by atoms with Crippen LogP contribution in [-0.2, 0) is 0 Å². The summed E-state index contributed by atoms with van der Waals surface area (Å²) in [5, 5.41) is 8.40. The summed E-state index contributed by atoms with van der Waals surface area (Å²) in [6, 6.07) is 13.6. The van der Waals surface area contributed by atoms with Gasteiger partial charge in [0.15, 0.2) is 11.5 Å². The minimum absolute atomic E-state index is 0.0727. The van der Waals surface area contributed by atoms with Crippen molar-refractivity contribution in [2.24, 2.45) is 5.10 Å². The third-order valence-corrected chi connectivity index (χ3v) is 5.31. The van der Waals surface area contributed by atoms with E-state index in [2.05, 4.69) is 20.1 Å². The first-order chi connectivity index (χ1) is 17.2. The maximum Gasteiger partial charge on any atom is 0.573 e. The zero-order valence-electron chi connectivity index (χ0n) is 19.1. The first kappa shape index (κ1) is 24.7. The van der Waals surface area contributed by atoms with Crippen molar-refractivity contribution in [1.29, 1.82) is 0 Å². The minimum Gasteiger partial charge on any atom is -0.493 e. The highest BCUT2D eigenvalue weighted by Gasteiger charge is 2.33. The van der Waals surface area contributed by atoms with E-state index in [0.29, 0.717) is 47.5 Å². The Labute approximate surface area is 204 Å². The van der Waals surface area contributed by atoms with E-state index < -0.39 is 12.1 Å². The Morgan fingerprint density at radius 3 is 2.36 bits per heavy atom. The maximum atomic E-state index is 13.0. The fourth-order valence-corrected chi connectivity index (χ4v) is 3.60. The molecule has 1 aliphatic heterocycles. The SMILES string of the molecule is COc1ccc(C2=NN(C(=O)c3ccc(NC(=O)c4ccncc4)cc3)CCC2)cc1OC(F)(F)F. The van der Waals surface area contributed by atoms with E-state index in [0.717, 1.165) is 0 Å². The van der Waals surface area contributed by atoms with Crippen molar-refractivity contribution in [3.05, 3.63) is 83.7 Å². The first-order valence-corrected chi connectivity index (χ1v) is 10.9. The van der Waals surface area contributed by atoms with Gasteiger partial charge in [-0.05, 0) is 67.4 Å². The van der Waals surface area contributed by atoms with Gasteiger partial charge in [0.25, 0.3) is 11.8 Å². The van der Waals surface area contributed by atoms with Crippen LogP contribution < -0.4 is 14.8 Å². The number of halogens is 3. The van der Waals surface area contributed by atoms with Gasteiger partial charge in [-0.3, -0.25) is 14.6 Å². The number of carbonyl (C=O) groups excluding carboxylic acids is 2. The standard InChI is InChI=1S/C25H21F3N4O4/c1-35-21-9-6-18(15-22(21)36-25(26,27)28)20-3-2-14-32(31-20)24(34)17-4-7-19(8-5-17)30-23(33)16-10-12-29-13-11-16/h4-13,15H,2-3,14H2,1H3,(H,30,33). The quantitative estimate of drug-likeness (QED) is 0.523. The van der Waals surface area contributed by atoms with Crippen LogP contribution in [0.1, 0.15) is 39.1 Å². The van der Waals surface area contributed by atoms with E-state index in [1.807, 2.05) is 0 Å². The number of methoxy groups -OCH3 is 1. The van der Waals surface area contributed by atoms with Crippen LogP contribution in [0.25, 0.3) is 0 Å². The molecule has 0 saturated carbocycles. The van der Waals surface area contributed by atoms with E-state index in [-0.39, 0.29) is 17.6 Å². The first-order valence-electron chi connectivity index (χ1n) is 10.9. The number of hydrogen-bond donors (Lipinski definition) is 1. The second kappa shape index (κ2) is 10.5. The van der Waals surface area contributed by atoms with E-state index in [1.165, 1.54) is 36.6 Å². The number of carbonyl (C=O) groups is 2. The molecule has 0 fully saturated rings. The number of nitrogens with zero attached hydrogens (tertiary/aromatic N) is 3. The molecule has 186 valence electrons. The van der Waals surface area contributed by atoms with Crippen LogP contribution in [0.5, 0.6) is 11.5 Å². The molecule has 0 radical (unpaired) electrons. The third kappa shape index (κ3) is 5.98. The number of pyridine rings is 1. The second-order valence-electron chi connectivity index (χ2n) is 7.76. The number of aromatic nitrogens is 1. The Hall–Kier alpha value is -4.41. The van der Waals surface area contributed by atoms with Crippen LogP contribution in [0.15, 0.2) is 72.1 Å². The molecule has 11 heteroatoms. The summed E-state index contributed by atoms with van der Waals surface area (Å²) in [5.74, 6) is -1.25. The summed E-state index contributed by atoms with van der Waals surface area (Å²) in [7, 11) is 1.24. The fraction of sp³-hybridized carbons (Fsp3) is 0.200. The summed E-state index contributed by atoms with van der Waals surface area (Å²) in [5.41, 5.74) is 2.14. The Morgan fingerprint density at radius 2 is 1.69 bits per heavy atom. The van der Waals surface area contributed by atoms with Gasteiger partial charge in [-0.1, -0.05) is 0 Å². The molecular formula is C25H21F3N4O4. The molecule has 0 bridgehead atoms. The molecule has 2 amide bonds. The molecule has 8 nitrogen and oxygen atoms in total. The van der Waals surface area contributed by atoms with Crippen molar-refractivity contribution in [3.63, 3.8) is 0 Å². The van der Waals surface area contributed by atoms with E-state index in [9.17, 15) is 22.8 Å². The van der Waals surface area contributed by atoms with Gasteiger partial charge in [0.05, 0.1) is 12.8 Å². The van der Waals surface area contributed by atoms with Crippen molar-refractivity contribution in [2.75, 3.05) is 19.0 Å². The lowest BCUT2D eigenvalue weighted by atomic mass is 10.0. The molecular weight excluding hydrogens is 477 g/mol. The number of amides is 2. The van der Waals surface area contributed by atoms with Crippen LogP contribution in [0.3, 0.4) is 0 Å². The molecule has 36 heavy (non-hydrogen) atoms. The van der Waals surface area contributed by atoms with Crippen LogP contribution in [-0.4, -0.2) is 47.5 Å². The summed E-state index contributed by atoms with van der Waals surface area (Å²) in [4.78, 5) is 29.2. The largest absolute Gasteiger partial charge is 0.573 e. The molecule has 3 aromatic rings. The predicted molar refractivity (Wildman–Crippen MR) is 125 cm³/mol. The number of anilines is 1. The monoisotopic (exact) mass is 498 g/mol. The molecule has 0 unspecified atom stereocenters. The van der Waals surface area contributed by atoms with Gasteiger partial charge in [0.1, 0.15) is 0 Å². The molecule has 1 N–H and O–H groups in total. The number of ether oxygens (including phenoxy) is 2. The molecule has 1 aliphatic rings. The van der Waals surface area contributed by atoms with E-state index in [1.54, 1.807) is 42.5 Å². The summed E-state index contributed by atoms with van der Waals surface area (Å²) < 4.78 is 47.4. The van der Waals surface area contributed by atoms with Gasteiger partial charge >= 0.3 is 6.36 Å². The number of hydrogen-bond acceptors (Lipinski definition) is 6. The van der Waals surface area contributed by atoms with Crippen molar-refractivity contribution in [1.82, 2.24) is 9.99 Å². The average Bonchev–Trinajstić information content (AvgIpc) is 2.88. The van der Waals surface area contributed by atoms with Crippen LogP contribution >= 0.6 is 0 Å². The molecule has 1 aromatic heterocycles. The highest BCUT2D eigenvalue weighted by atomic mass is 19.4. The highest BCUT2D eigenvalue weighted by molar-refractivity contribution is 6.05. The lowest BCUT2D eigenvalue weighted by Crippen LogP contribution is -2.32. The lowest BCUT2D eigenvalue weighted by molar-refractivity contribution is -0.275. The molecule has 2 aromatic carbocycles. The summed E-state index contributed by atoms with van der Waals surface area (Å²) in [6.07, 6.45) is -0.805. The maximum absolute atomic E-state index is 13.0. The molecule has 0 aliphatic carbocycles. The Balaban J connectivity index is 1.49. The molecule has 0 spiro atoms. The van der Waals surface area contributed by atoms with Gasteiger partial charge in [0.2, 0.25) is 0 Å². The third-order valence-electron chi connectivity index (χ3n) is 5.31. The zero-order valence-corrected chi connectivity index (χ0v) is 19.1. The molecule has 4 rings (SSSR count). The topological polar surface area (TPSA) is 93.1 Å². The van der Waals surface area contributed by atoms with Gasteiger partial charge in [-0.25, -0.2) is 5.01 Å². The summed E-state index contributed by atoms with van der Waals surface area (Å²) in [6.45, 7) is 0.352. The van der Waals surface area contributed by atoms with Crippen LogP contribution in [0.4, 0.5) is 18.9 Å². The van der Waals surface area contributed by atoms with Crippen LogP contribution in [0, 0.1) is 0 Å². The normalized spacial score (nSPS) is 13.6. The van der Waals surface area contributed by atoms with Gasteiger partial charge < -0.3 is 14.8 Å². The molecule has 0 saturated heterocycles. The minimum atomic E-state index is -4.88. The number of alkyl halides is 3. The smallest absolute Gasteiger partial charge is 0.493 e. The average molecular weight is 498 g/mol. The van der Waals surface area contributed by atoms with Gasteiger partial charge in [-0.15, -0.1) is 13.2 Å². The van der Waals surface area contributed by atoms with Crippen molar-refractivity contribution in [3.8, 4) is 11.5 Å². The van der Waals surface area contributed by atoms with Gasteiger partial charge in [-0.2, -0.15) is 5.10 Å². The lowest BCUT2D eigenvalue weighted by Gasteiger charge is -2.24. The highest BCUT2D eigenvalue weighted by Crippen LogP contribution is 2.34. The van der Waals surface area contributed by atoms with Crippen molar-refractivity contribution in [2.45, 2.75) is 19.2 Å². The molecule has 2 heterocycles. The summed E-state index contributed by atoms with van der Waals surface area (Å²) >= 11 is 0. The van der Waals surface area contributed by atoms with Gasteiger partial charge in [0, 0.05) is 41.3 Å². The fourth-order valence-electron chi connectivity index (χ4n) is 3.60. The Bertz CT molecular complexity index is 1280. The number of nitrogens with one attached hydrogen (secondary N) is 1. The van der Waals surface area contributed by atoms with Crippen molar-refractivity contribution < 1.29 is 32.2 Å². The predicted octanol–water partition coefficient (Wildman–Crippen LogP) is 4.88. The number of rotatable bonds is 6. The zero-order chi connectivity index (χ0) is 25.7. The van der Waals surface area contributed by atoms with Crippen LogP contribution in [0.2, 0.25) is 0 Å². The van der Waals surface area contributed by atoms with E-state index in [4.69, 9.17) is 4.74 Å². The number of hydrazone groups is 1. The van der Waals surface area contributed by atoms with E-state index >= 15 is 0 Å².